The molecule has 1 aromatic carbocycles. The van der Waals surface area contributed by atoms with Gasteiger partial charge in [0.25, 0.3) is 5.56 Å². The Labute approximate surface area is 138 Å². The van der Waals surface area contributed by atoms with Crippen molar-refractivity contribution < 1.29 is 4.74 Å². The Morgan fingerprint density at radius 1 is 1.33 bits per heavy atom. The van der Waals surface area contributed by atoms with Crippen LogP contribution < -0.4 is 10.3 Å². The van der Waals surface area contributed by atoms with E-state index in [9.17, 15) is 4.79 Å². The molecule has 0 saturated carbocycles. The molecule has 1 N–H and O–H groups in total. The lowest BCUT2D eigenvalue weighted by atomic mass is 9.85. The number of hydrogen-bond donors (Lipinski definition) is 1. The van der Waals surface area contributed by atoms with Gasteiger partial charge >= 0.3 is 0 Å². The Balaban J connectivity index is 2.49. The number of hydrogen-bond acceptors (Lipinski definition) is 3. The fourth-order valence-electron chi connectivity index (χ4n) is 2.01. The lowest BCUT2D eigenvalue weighted by Gasteiger charge is -2.23. The molecule has 112 valence electrons. The molecule has 0 amide bonds. The summed E-state index contributed by atoms with van der Waals surface area (Å²) in [6, 6.07) is 6.17. The van der Waals surface area contributed by atoms with E-state index in [0.717, 1.165) is 17.7 Å². The first-order valence-corrected chi connectivity index (χ1v) is 7.95. The van der Waals surface area contributed by atoms with Gasteiger partial charge in [0.15, 0.2) is 0 Å². The SMILES string of the molecule is CCc1ccc(Oc2nc[nH]c(=O)c2I)c(C(C)(C)C)c1. The minimum Gasteiger partial charge on any atom is -0.437 e. The van der Waals surface area contributed by atoms with Crippen LogP contribution in [-0.4, -0.2) is 9.97 Å². The highest BCUT2D eigenvalue weighted by atomic mass is 127. The van der Waals surface area contributed by atoms with Crippen LogP contribution in [0.15, 0.2) is 29.3 Å². The predicted octanol–water partition coefficient (Wildman–Crippen LogP) is 4.03. The summed E-state index contributed by atoms with van der Waals surface area (Å²) in [7, 11) is 0. The maximum Gasteiger partial charge on any atom is 0.268 e. The molecule has 21 heavy (non-hydrogen) atoms. The Morgan fingerprint density at radius 2 is 2.05 bits per heavy atom. The summed E-state index contributed by atoms with van der Waals surface area (Å²) in [6.07, 6.45) is 2.33. The molecule has 0 bridgehead atoms. The van der Waals surface area contributed by atoms with E-state index < -0.39 is 0 Å². The number of aromatic nitrogens is 2. The van der Waals surface area contributed by atoms with Crippen molar-refractivity contribution in [2.45, 2.75) is 39.5 Å². The average Bonchev–Trinajstić information content (AvgIpc) is 2.43. The lowest BCUT2D eigenvalue weighted by molar-refractivity contribution is 0.434. The largest absolute Gasteiger partial charge is 0.437 e. The van der Waals surface area contributed by atoms with Crippen molar-refractivity contribution in [1.29, 1.82) is 0 Å². The quantitative estimate of drug-likeness (QED) is 0.795. The zero-order valence-electron chi connectivity index (χ0n) is 12.7. The molecule has 1 heterocycles. The van der Waals surface area contributed by atoms with Crippen molar-refractivity contribution in [3.05, 3.63) is 49.6 Å². The van der Waals surface area contributed by atoms with Crippen LogP contribution in [0.5, 0.6) is 11.6 Å². The highest BCUT2D eigenvalue weighted by Gasteiger charge is 2.21. The van der Waals surface area contributed by atoms with Crippen LogP contribution in [0.1, 0.15) is 38.8 Å². The maximum atomic E-state index is 11.6. The number of benzene rings is 1. The van der Waals surface area contributed by atoms with E-state index in [1.54, 1.807) is 0 Å². The van der Waals surface area contributed by atoms with Gasteiger partial charge in [-0.1, -0.05) is 39.8 Å². The Hall–Kier alpha value is -1.37. The first kappa shape index (κ1) is 16.0. The number of nitrogens with one attached hydrogen (secondary N) is 1. The van der Waals surface area contributed by atoms with Gasteiger partial charge in [-0.2, -0.15) is 0 Å². The number of aromatic amines is 1. The molecule has 1 aromatic heterocycles. The number of halogens is 1. The zero-order valence-corrected chi connectivity index (χ0v) is 14.8. The van der Waals surface area contributed by atoms with Crippen molar-refractivity contribution in [2.24, 2.45) is 0 Å². The van der Waals surface area contributed by atoms with Crippen molar-refractivity contribution in [2.75, 3.05) is 0 Å². The van der Waals surface area contributed by atoms with E-state index in [2.05, 4.69) is 43.7 Å². The summed E-state index contributed by atoms with van der Waals surface area (Å²) in [5.41, 5.74) is 2.14. The van der Waals surface area contributed by atoms with E-state index in [1.165, 1.54) is 11.9 Å². The first-order valence-electron chi connectivity index (χ1n) is 6.87. The third kappa shape index (κ3) is 3.64. The molecular weight excluding hydrogens is 379 g/mol. The molecule has 5 heteroatoms. The minimum absolute atomic E-state index is 0.0485. The number of H-pyrrole nitrogens is 1. The standard InChI is InChI=1S/C16H19IN2O2/c1-5-10-6-7-12(11(8-10)16(2,3)4)21-15-13(17)14(20)18-9-19-15/h6-9H,5H2,1-4H3,(H,18,19,20). The Morgan fingerprint density at radius 3 is 2.67 bits per heavy atom. The summed E-state index contributed by atoms with van der Waals surface area (Å²) < 4.78 is 6.36. The van der Waals surface area contributed by atoms with E-state index in [0.29, 0.717) is 9.45 Å². The van der Waals surface area contributed by atoms with Crippen molar-refractivity contribution >= 4 is 22.6 Å². The smallest absolute Gasteiger partial charge is 0.268 e. The summed E-state index contributed by atoms with van der Waals surface area (Å²) >= 11 is 1.95. The van der Waals surface area contributed by atoms with Crippen molar-refractivity contribution in [1.82, 2.24) is 9.97 Å². The monoisotopic (exact) mass is 398 g/mol. The van der Waals surface area contributed by atoms with E-state index >= 15 is 0 Å². The molecule has 0 aliphatic rings. The summed E-state index contributed by atoms with van der Waals surface area (Å²) in [6.45, 7) is 8.56. The van der Waals surface area contributed by atoms with Gasteiger partial charge in [0.1, 0.15) is 9.32 Å². The molecule has 0 spiro atoms. The molecule has 2 rings (SSSR count). The second-order valence-corrected chi connectivity index (χ2v) is 6.97. The summed E-state index contributed by atoms with van der Waals surface area (Å²) in [5, 5.41) is 0. The number of aryl methyl sites for hydroxylation is 1. The minimum atomic E-state index is -0.192. The second kappa shape index (κ2) is 6.17. The van der Waals surface area contributed by atoms with Crippen LogP contribution in [0.2, 0.25) is 0 Å². The fraction of sp³-hybridized carbons (Fsp3) is 0.375. The van der Waals surface area contributed by atoms with Crippen LogP contribution in [0.4, 0.5) is 0 Å². The second-order valence-electron chi connectivity index (χ2n) is 5.89. The van der Waals surface area contributed by atoms with E-state index in [4.69, 9.17) is 4.74 Å². The molecule has 0 aliphatic heterocycles. The predicted molar refractivity (Wildman–Crippen MR) is 92.2 cm³/mol. The van der Waals surface area contributed by atoms with E-state index in [-0.39, 0.29) is 11.0 Å². The fourth-order valence-corrected chi connectivity index (χ4v) is 2.42. The molecular formula is C16H19IN2O2. The van der Waals surface area contributed by atoms with Crippen LogP contribution in [-0.2, 0) is 11.8 Å². The number of ether oxygens (including phenoxy) is 1. The molecule has 0 unspecified atom stereocenters. The van der Waals surface area contributed by atoms with Crippen LogP contribution in [0.25, 0.3) is 0 Å². The summed E-state index contributed by atoms with van der Waals surface area (Å²) in [4.78, 5) is 18.3. The molecule has 0 atom stereocenters. The van der Waals surface area contributed by atoms with Crippen LogP contribution >= 0.6 is 22.6 Å². The van der Waals surface area contributed by atoms with Gasteiger partial charge in [0.05, 0.1) is 6.33 Å². The van der Waals surface area contributed by atoms with Gasteiger partial charge in [-0.15, -0.1) is 0 Å². The van der Waals surface area contributed by atoms with Crippen molar-refractivity contribution in [3.8, 4) is 11.6 Å². The van der Waals surface area contributed by atoms with Gasteiger partial charge in [0, 0.05) is 5.56 Å². The Bertz CT molecular complexity index is 702. The molecule has 0 radical (unpaired) electrons. The molecule has 2 aromatic rings. The number of nitrogens with zero attached hydrogens (tertiary/aromatic N) is 1. The lowest BCUT2D eigenvalue weighted by Crippen LogP contribution is -2.15. The Kier molecular flexibility index (Phi) is 4.70. The zero-order chi connectivity index (χ0) is 15.6. The third-order valence-corrected chi connectivity index (χ3v) is 4.18. The van der Waals surface area contributed by atoms with Gasteiger partial charge in [0.2, 0.25) is 5.88 Å². The van der Waals surface area contributed by atoms with Gasteiger partial charge in [-0.25, -0.2) is 4.98 Å². The van der Waals surface area contributed by atoms with Crippen LogP contribution in [0.3, 0.4) is 0 Å². The molecule has 0 aliphatic carbocycles. The van der Waals surface area contributed by atoms with Crippen molar-refractivity contribution in [3.63, 3.8) is 0 Å². The highest BCUT2D eigenvalue weighted by Crippen LogP contribution is 2.35. The normalized spacial score (nSPS) is 11.5. The van der Waals surface area contributed by atoms with Gasteiger partial charge < -0.3 is 9.72 Å². The van der Waals surface area contributed by atoms with Gasteiger partial charge in [-0.05, 0) is 46.1 Å². The van der Waals surface area contributed by atoms with Gasteiger partial charge in [-0.3, -0.25) is 4.79 Å². The number of rotatable bonds is 3. The topological polar surface area (TPSA) is 55.0 Å². The molecule has 0 fully saturated rings. The molecule has 0 saturated heterocycles. The highest BCUT2D eigenvalue weighted by molar-refractivity contribution is 14.1. The summed E-state index contributed by atoms with van der Waals surface area (Å²) in [5.74, 6) is 1.09. The third-order valence-electron chi connectivity index (χ3n) is 3.23. The van der Waals surface area contributed by atoms with E-state index in [1.807, 2.05) is 34.7 Å². The first-order chi connectivity index (χ1) is 9.82. The van der Waals surface area contributed by atoms with Crippen LogP contribution in [0, 0.1) is 3.57 Å². The molecule has 4 nitrogen and oxygen atoms in total. The average molecular weight is 398 g/mol. The maximum absolute atomic E-state index is 11.6.